The maximum absolute atomic E-state index is 11.9. The van der Waals surface area contributed by atoms with Gasteiger partial charge >= 0.3 is 0 Å². The average Bonchev–Trinajstić information content (AvgIpc) is 2.89. The minimum Gasteiger partial charge on any atom is -0.282 e. The van der Waals surface area contributed by atoms with Crippen LogP contribution in [-0.4, -0.2) is 28.6 Å². The van der Waals surface area contributed by atoms with E-state index in [0.29, 0.717) is 13.0 Å². The summed E-state index contributed by atoms with van der Waals surface area (Å²) >= 11 is 3.46. The maximum Gasteiger partial charge on any atom is 0.235 e. The number of nitrogens with zero attached hydrogens (tertiary/aromatic N) is 1. The van der Waals surface area contributed by atoms with Crippen LogP contribution in [0.4, 0.5) is 0 Å². The molecule has 1 saturated carbocycles. The summed E-state index contributed by atoms with van der Waals surface area (Å²) in [6.45, 7) is 4.31. The van der Waals surface area contributed by atoms with Gasteiger partial charge in [0, 0.05) is 18.3 Å². The van der Waals surface area contributed by atoms with Crippen molar-refractivity contribution >= 4 is 27.7 Å². The van der Waals surface area contributed by atoms with Gasteiger partial charge in [0.25, 0.3) is 0 Å². The molecule has 1 aliphatic carbocycles. The van der Waals surface area contributed by atoms with E-state index in [0.717, 1.165) is 18.2 Å². The van der Waals surface area contributed by atoms with Crippen molar-refractivity contribution < 1.29 is 9.59 Å². The highest BCUT2D eigenvalue weighted by molar-refractivity contribution is 9.09. The molecule has 0 aromatic heterocycles. The Bertz CT molecular complexity index is 321. The van der Waals surface area contributed by atoms with Crippen molar-refractivity contribution in [2.45, 2.75) is 33.1 Å². The van der Waals surface area contributed by atoms with E-state index < -0.39 is 5.41 Å². The van der Waals surface area contributed by atoms with Crippen LogP contribution in [0.5, 0.6) is 0 Å². The average molecular weight is 274 g/mol. The smallest absolute Gasteiger partial charge is 0.235 e. The van der Waals surface area contributed by atoms with Gasteiger partial charge in [0.05, 0.1) is 5.41 Å². The molecule has 0 aromatic rings. The van der Waals surface area contributed by atoms with E-state index in [1.54, 1.807) is 0 Å². The zero-order valence-corrected chi connectivity index (χ0v) is 10.8. The Hall–Kier alpha value is -0.380. The minimum atomic E-state index is -0.487. The Kier molecular flexibility index (Phi) is 2.45. The van der Waals surface area contributed by atoms with E-state index in [-0.39, 0.29) is 17.2 Å². The number of rotatable bonds is 3. The van der Waals surface area contributed by atoms with Crippen molar-refractivity contribution in [1.29, 1.82) is 0 Å². The van der Waals surface area contributed by atoms with E-state index in [2.05, 4.69) is 15.9 Å². The monoisotopic (exact) mass is 273 g/mol. The lowest BCUT2D eigenvalue weighted by Crippen LogP contribution is -2.38. The molecule has 0 atom stereocenters. The van der Waals surface area contributed by atoms with Gasteiger partial charge < -0.3 is 0 Å². The topological polar surface area (TPSA) is 37.4 Å². The molecule has 0 spiro atoms. The second kappa shape index (κ2) is 3.30. The molecule has 2 fully saturated rings. The van der Waals surface area contributed by atoms with Gasteiger partial charge in [-0.05, 0) is 18.3 Å². The molecular weight excluding hydrogens is 258 g/mol. The third kappa shape index (κ3) is 1.84. The number of carbonyl (C=O) groups excluding carboxylic acids is 2. The van der Waals surface area contributed by atoms with Crippen molar-refractivity contribution in [2.75, 3.05) is 11.9 Å². The number of imide groups is 1. The minimum absolute atomic E-state index is 0.000255. The summed E-state index contributed by atoms with van der Waals surface area (Å²) in [5, 5.41) is 0.886. The van der Waals surface area contributed by atoms with Gasteiger partial charge in [-0.15, -0.1) is 0 Å². The first kappa shape index (κ1) is 11.1. The van der Waals surface area contributed by atoms with Gasteiger partial charge in [0.2, 0.25) is 11.8 Å². The first-order valence-electron chi connectivity index (χ1n) is 5.31. The summed E-state index contributed by atoms with van der Waals surface area (Å²) in [4.78, 5) is 25.1. The van der Waals surface area contributed by atoms with Crippen LogP contribution < -0.4 is 0 Å². The Morgan fingerprint density at radius 3 is 2.27 bits per heavy atom. The van der Waals surface area contributed by atoms with Crippen molar-refractivity contribution in [3.8, 4) is 0 Å². The van der Waals surface area contributed by atoms with Crippen LogP contribution in [-0.2, 0) is 9.59 Å². The second-order valence-corrected chi connectivity index (χ2v) is 6.04. The summed E-state index contributed by atoms with van der Waals surface area (Å²) in [6.07, 6.45) is 2.61. The highest BCUT2D eigenvalue weighted by Gasteiger charge is 2.51. The van der Waals surface area contributed by atoms with Crippen LogP contribution in [0.15, 0.2) is 0 Å². The molecule has 84 valence electrons. The van der Waals surface area contributed by atoms with Gasteiger partial charge in [-0.3, -0.25) is 14.5 Å². The fraction of sp³-hybridized carbons (Fsp3) is 0.818. The number of hydrogen-bond acceptors (Lipinski definition) is 2. The van der Waals surface area contributed by atoms with E-state index in [1.165, 1.54) is 4.90 Å². The summed E-state index contributed by atoms with van der Waals surface area (Å²) in [6, 6.07) is 0. The van der Waals surface area contributed by atoms with Crippen LogP contribution >= 0.6 is 15.9 Å². The Morgan fingerprint density at radius 2 is 1.93 bits per heavy atom. The lowest BCUT2D eigenvalue weighted by molar-refractivity contribution is -0.141. The van der Waals surface area contributed by atoms with Crippen molar-refractivity contribution in [3.63, 3.8) is 0 Å². The fourth-order valence-corrected chi connectivity index (χ4v) is 2.77. The zero-order valence-electron chi connectivity index (χ0n) is 9.18. The third-order valence-electron chi connectivity index (χ3n) is 3.45. The van der Waals surface area contributed by atoms with Crippen LogP contribution in [0.25, 0.3) is 0 Å². The number of carbonyl (C=O) groups is 2. The molecule has 0 aromatic carbocycles. The number of hydrogen-bond donors (Lipinski definition) is 0. The van der Waals surface area contributed by atoms with Gasteiger partial charge in [-0.2, -0.15) is 0 Å². The van der Waals surface area contributed by atoms with Crippen LogP contribution in [0, 0.1) is 10.8 Å². The molecule has 0 N–H and O–H groups in total. The third-order valence-corrected chi connectivity index (χ3v) is 4.64. The molecule has 2 aliphatic rings. The lowest BCUT2D eigenvalue weighted by Gasteiger charge is -2.22. The van der Waals surface area contributed by atoms with E-state index in [4.69, 9.17) is 0 Å². The molecule has 3 nitrogen and oxygen atoms in total. The summed E-state index contributed by atoms with van der Waals surface area (Å²) in [5.74, 6) is -0.00282. The molecule has 4 heteroatoms. The van der Waals surface area contributed by atoms with Gasteiger partial charge in [-0.25, -0.2) is 0 Å². The van der Waals surface area contributed by atoms with Crippen LogP contribution in [0.3, 0.4) is 0 Å². The number of likely N-dealkylation sites (tertiary alicyclic amines) is 1. The summed E-state index contributed by atoms with van der Waals surface area (Å²) < 4.78 is 0. The fourth-order valence-electron chi connectivity index (χ4n) is 2.03. The molecule has 1 aliphatic heterocycles. The normalized spacial score (nSPS) is 27.3. The molecule has 2 rings (SSSR count). The summed E-state index contributed by atoms with van der Waals surface area (Å²) in [7, 11) is 0. The first-order valence-corrected chi connectivity index (χ1v) is 6.43. The summed E-state index contributed by atoms with van der Waals surface area (Å²) in [5.41, 5.74) is -0.300. The van der Waals surface area contributed by atoms with E-state index >= 15 is 0 Å². The SMILES string of the molecule is CC1(C)CC(=O)N(CC2(CBr)CC2)C1=O. The molecular formula is C11H16BrNO2. The highest BCUT2D eigenvalue weighted by Crippen LogP contribution is 2.49. The van der Waals surface area contributed by atoms with Crippen molar-refractivity contribution in [2.24, 2.45) is 10.8 Å². The largest absolute Gasteiger partial charge is 0.282 e. The van der Waals surface area contributed by atoms with Crippen molar-refractivity contribution in [3.05, 3.63) is 0 Å². The predicted molar refractivity (Wildman–Crippen MR) is 60.6 cm³/mol. The highest BCUT2D eigenvalue weighted by atomic mass is 79.9. The number of alkyl halides is 1. The van der Waals surface area contributed by atoms with E-state index in [1.807, 2.05) is 13.8 Å². The number of amides is 2. The second-order valence-electron chi connectivity index (χ2n) is 5.48. The quantitative estimate of drug-likeness (QED) is 0.582. The van der Waals surface area contributed by atoms with Gasteiger partial charge in [0.15, 0.2) is 0 Å². The predicted octanol–water partition coefficient (Wildman–Crippen LogP) is 1.95. The molecule has 0 bridgehead atoms. The Labute approximate surface area is 98.3 Å². The molecule has 2 amide bonds. The zero-order chi connectivity index (χ0) is 11.3. The Balaban J connectivity index is 2.10. The van der Waals surface area contributed by atoms with E-state index in [9.17, 15) is 9.59 Å². The van der Waals surface area contributed by atoms with Gasteiger partial charge in [0.1, 0.15) is 0 Å². The Morgan fingerprint density at radius 1 is 1.33 bits per heavy atom. The van der Waals surface area contributed by atoms with Gasteiger partial charge in [-0.1, -0.05) is 29.8 Å². The molecule has 1 heterocycles. The van der Waals surface area contributed by atoms with Crippen molar-refractivity contribution in [1.82, 2.24) is 4.90 Å². The number of halogens is 1. The first-order chi connectivity index (χ1) is 6.90. The standard InChI is InChI=1S/C11H16BrNO2/c1-10(2)5-8(14)13(9(10)15)7-11(6-12)3-4-11/h3-7H2,1-2H3. The molecule has 0 radical (unpaired) electrons. The maximum atomic E-state index is 11.9. The molecule has 15 heavy (non-hydrogen) atoms. The van der Waals surface area contributed by atoms with Crippen LogP contribution in [0.2, 0.25) is 0 Å². The van der Waals surface area contributed by atoms with Crippen LogP contribution in [0.1, 0.15) is 33.1 Å². The lowest BCUT2D eigenvalue weighted by atomic mass is 9.92. The molecule has 0 unspecified atom stereocenters. The molecule has 1 saturated heterocycles.